The van der Waals surface area contributed by atoms with Crippen LogP contribution in [-0.2, 0) is 14.3 Å². The van der Waals surface area contributed by atoms with Gasteiger partial charge in [0.05, 0.1) is 19.2 Å². The van der Waals surface area contributed by atoms with Crippen LogP contribution in [0.25, 0.3) is 0 Å². The minimum Gasteiger partial charge on any atom is -0.469 e. The van der Waals surface area contributed by atoms with Crippen LogP contribution in [0.2, 0.25) is 0 Å². The molecule has 1 atom stereocenters. The third-order valence-electron chi connectivity index (χ3n) is 18.7. The van der Waals surface area contributed by atoms with Gasteiger partial charge in [-0.2, -0.15) is 0 Å². The van der Waals surface area contributed by atoms with E-state index in [1.54, 1.807) is 38.5 Å². The van der Waals surface area contributed by atoms with Gasteiger partial charge in [0, 0.05) is 43.2 Å². The van der Waals surface area contributed by atoms with Gasteiger partial charge in [0.15, 0.2) is 0 Å². The van der Waals surface area contributed by atoms with Crippen LogP contribution < -0.4 is 0 Å². The Bertz CT molecular complexity index is 1510. The van der Waals surface area contributed by atoms with Crippen LogP contribution in [-0.4, -0.2) is 54.1 Å². The highest BCUT2D eigenvalue weighted by molar-refractivity contribution is 5.81. The summed E-state index contributed by atoms with van der Waals surface area (Å²) < 4.78 is 17.1. The lowest BCUT2D eigenvalue weighted by atomic mass is 9.32. The first-order valence-corrected chi connectivity index (χ1v) is 24.5. The molecule has 0 radical (unpaired) electrons. The number of amides is 1. The van der Waals surface area contributed by atoms with Crippen molar-refractivity contribution in [1.29, 1.82) is 0 Å². The van der Waals surface area contributed by atoms with Crippen molar-refractivity contribution in [3.63, 3.8) is 0 Å². The third kappa shape index (κ3) is 9.14. The van der Waals surface area contributed by atoms with Gasteiger partial charge in [0.2, 0.25) is 5.91 Å². The topological polar surface area (TPSA) is 72.4 Å². The number of hydrogen-bond donors (Lipinski definition) is 0. The normalized spacial score (nSPS) is 38.4. The van der Waals surface area contributed by atoms with Gasteiger partial charge < -0.3 is 9.64 Å². The van der Waals surface area contributed by atoms with E-state index in [4.69, 9.17) is 4.74 Å². The number of carbonyl (C=O) groups excluding carboxylic acids is 2. The first-order valence-electron chi connectivity index (χ1n) is 24.5. The standard InChI is InChI=1S/C10H16O2.C10H18.C9H15F.C8H12N2.C8H15NO.C8H14/c1-7(2)9-4-10(5-9,6-9)8(11)12-3;1-4-9-5-10(6-9,7-9)8(2)3;1-7(2)9-3-8(4-9,5-9)6-10;1-6(2)8-9-4-7(3)5-10-8;1-6(2)7-4-5-9(3)8(7)10;1-6(2)8-3-7(4-8)5-8/h7H,4-6H2,1-3H3;8H,4-7H2,1-3H3;7H,3-6H2,1-2H3;4-6H,1-3H3;6-7H,4-5H2,1-3H3;6-7H,3-5H2,1-2H3. The molecule has 12 aliphatic carbocycles. The summed E-state index contributed by atoms with van der Waals surface area (Å²) in [7, 11) is 3.37. The molecular formula is C53H90FN3O3. The summed E-state index contributed by atoms with van der Waals surface area (Å²) in [6.07, 6.45) is 22.3. The van der Waals surface area contributed by atoms with E-state index in [1.807, 2.05) is 31.3 Å². The summed E-state index contributed by atoms with van der Waals surface area (Å²) in [5, 5.41) is 0. The number of rotatable bonds is 9. The van der Waals surface area contributed by atoms with Crippen molar-refractivity contribution < 1.29 is 18.7 Å². The van der Waals surface area contributed by atoms with E-state index in [9.17, 15) is 14.0 Å². The Morgan fingerprint density at radius 1 is 0.733 bits per heavy atom. The molecule has 7 heteroatoms. The largest absolute Gasteiger partial charge is 0.469 e. The average molecular weight is 836 g/mol. The zero-order valence-corrected chi connectivity index (χ0v) is 41.5. The number of nitrogens with zero attached hydrogens (tertiary/aromatic N) is 3. The van der Waals surface area contributed by atoms with Gasteiger partial charge in [-0.05, 0) is 159 Å². The monoisotopic (exact) mass is 836 g/mol. The molecule has 2 heterocycles. The molecule has 12 saturated carbocycles. The van der Waals surface area contributed by atoms with Gasteiger partial charge in [-0.1, -0.05) is 96.4 Å². The molecule has 342 valence electrons. The van der Waals surface area contributed by atoms with Crippen LogP contribution in [0.1, 0.15) is 197 Å². The Balaban J connectivity index is 0.000000137. The second-order valence-electron chi connectivity index (χ2n) is 24.6. The number of aromatic nitrogens is 2. The first-order chi connectivity index (χ1) is 27.8. The van der Waals surface area contributed by atoms with E-state index < -0.39 is 0 Å². The molecule has 6 nitrogen and oxygen atoms in total. The maximum absolute atomic E-state index is 12.3. The van der Waals surface area contributed by atoms with Crippen molar-refractivity contribution in [2.75, 3.05) is 27.4 Å². The van der Waals surface area contributed by atoms with E-state index in [0.29, 0.717) is 34.5 Å². The molecule has 1 amide bonds. The molecule has 14 rings (SSSR count). The minimum absolute atomic E-state index is 0.0185. The van der Waals surface area contributed by atoms with Crippen LogP contribution in [0.15, 0.2) is 12.4 Å². The Labute approximate surface area is 367 Å². The van der Waals surface area contributed by atoms with Crippen molar-refractivity contribution >= 4 is 11.9 Å². The summed E-state index contributed by atoms with van der Waals surface area (Å²) in [4.78, 5) is 32.7. The SMILES string of the molecule is CC(C)C12CC(C1)C2.CC(C)C12CC(CF)(C1)C2.CC(C)C1CCN(C)C1=O.CCC12CC(C(C)C)(C1)C2.COC(=O)C12CC(C(C)C)(C1)C2.Cc1cnc(C(C)C)nc1. The van der Waals surface area contributed by atoms with E-state index in [2.05, 4.69) is 100.0 Å². The molecule has 0 N–H and O–H groups in total. The fraction of sp³-hybridized carbons (Fsp3) is 0.887. The quantitative estimate of drug-likeness (QED) is 0.232. The number of hydrogen-bond acceptors (Lipinski definition) is 5. The Morgan fingerprint density at radius 2 is 1.15 bits per heavy atom. The number of methoxy groups -OCH3 is 1. The summed E-state index contributed by atoms with van der Waals surface area (Å²) in [5.74, 6) is 7.09. The third-order valence-corrected chi connectivity index (χ3v) is 18.7. The second-order valence-corrected chi connectivity index (χ2v) is 24.6. The highest BCUT2D eigenvalue weighted by atomic mass is 19.1. The van der Waals surface area contributed by atoms with Crippen LogP contribution in [0, 0.1) is 86.3 Å². The average Bonchev–Trinajstić information content (AvgIpc) is 3.35. The molecule has 13 aliphatic rings. The molecule has 60 heavy (non-hydrogen) atoms. The van der Waals surface area contributed by atoms with E-state index in [-0.39, 0.29) is 23.5 Å². The summed E-state index contributed by atoms with van der Waals surface area (Å²) in [5.41, 5.74) is 4.90. The van der Waals surface area contributed by atoms with Crippen molar-refractivity contribution in [1.82, 2.24) is 14.9 Å². The number of likely N-dealkylation sites (tertiary alicyclic amines) is 1. The molecule has 1 aliphatic heterocycles. The Kier molecular flexibility index (Phi) is 14.6. The predicted molar refractivity (Wildman–Crippen MR) is 245 cm³/mol. The van der Waals surface area contributed by atoms with Crippen molar-refractivity contribution in [2.24, 2.45) is 79.3 Å². The number of halogens is 1. The van der Waals surface area contributed by atoms with Gasteiger partial charge >= 0.3 is 5.97 Å². The van der Waals surface area contributed by atoms with Crippen molar-refractivity contribution in [3.05, 3.63) is 23.8 Å². The van der Waals surface area contributed by atoms with E-state index in [1.165, 1.54) is 32.8 Å². The van der Waals surface area contributed by atoms with Gasteiger partial charge in [-0.3, -0.25) is 14.0 Å². The van der Waals surface area contributed by atoms with Crippen LogP contribution in [0.4, 0.5) is 4.39 Å². The highest BCUT2D eigenvalue weighted by Gasteiger charge is 2.73. The molecular weight excluding hydrogens is 746 g/mol. The van der Waals surface area contributed by atoms with Crippen LogP contribution >= 0.6 is 0 Å². The maximum Gasteiger partial charge on any atom is 0.311 e. The first kappa shape index (κ1) is 49.0. The van der Waals surface area contributed by atoms with E-state index in [0.717, 1.165) is 89.5 Å². The number of alkyl halides is 1. The molecule has 0 spiro atoms. The molecule has 0 aromatic carbocycles. The summed E-state index contributed by atoms with van der Waals surface area (Å²) in [6, 6.07) is 0. The lowest BCUT2D eigenvalue weighted by molar-refractivity contribution is -0.240. The molecule has 1 unspecified atom stereocenters. The second kappa shape index (κ2) is 17.8. The van der Waals surface area contributed by atoms with Gasteiger partial charge in [-0.25, -0.2) is 9.97 Å². The van der Waals surface area contributed by atoms with Gasteiger partial charge in [-0.15, -0.1) is 0 Å². The lowest BCUT2D eigenvalue weighted by Gasteiger charge is -2.73. The molecule has 8 bridgehead atoms. The number of esters is 1. The Morgan fingerprint density at radius 3 is 1.40 bits per heavy atom. The van der Waals surface area contributed by atoms with Crippen LogP contribution in [0.3, 0.4) is 0 Å². The smallest absolute Gasteiger partial charge is 0.311 e. The zero-order valence-electron chi connectivity index (χ0n) is 41.5. The van der Waals surface area contributed by atoms with Crippen LogP contribution in [0.5, 0.6) is 0 Å². The lowest BCUT2D eigenvalue weighted by Crippen LogP contribution is -2.67. The number of ether oxygens (including phenoxy) is 1. The fourth-order valence-electron chi connectivity index (χ4n) is 13.2. The zero-order chi connectivity index (χ0) is 44.9. The fourth-order valence-corrected chi connectivity index (χ4v) is 13.2. The number of aryl methyl sites for hydroxylation is 1. The van der Waals surface area contributed by atoms with E-state index >= 15 is 0 Å². The summed E-state index contributed by atoms with van der Waals surface area (Å²) >= 11 is 0. The highest BCUT2D eigenvalue weighted by Crippen LogP contribution is 2.78. The minimum atomic E-state index is -0.0680. The molecule has 1 aromatic heterocycles. The molecule has 1 aromatic rings. The van der Waals surface area contributed by atoms with Gasteiger partial charge in [0.25, 0.3) is 0 Å². The number of carbonyl (C=O) groups is 2. The summed E-state index contributed by atoms with van der Waals surface area (Å²) in [6.45, 7) is 32.2. The maximum atomic E-state index is 12.3. The van der Waals surface area contributed by atoms with Crippen molar-refractivity contribution in [2.45, 2.75) is 193 Å². The Hall–Kier alpha value is -2.05. The predicted octanol–water partition coefficient (Wildman–Crippen LogP) is 13.5. The molecule has 1 saturated heterocycles. The van der Waals surface area contributed by atoms with Crippen molar-refractivity contribution in [3.8, 4) is 0 Å². The van der Waals surface area contributed by atoms with Gasteiger partial charge in [0.1, 0.15) is 5.82 Å². The molecule has 13 fully saturated rings.